The monoisotopic (exact) mass is 510 g/mol. The van der Waals surface area contributed by atoms with Gasteiger partial charge in [-0.1, -0.05) is 30.7 Å². The van der Waals surface area contributed by atoms with E-state index in [0.717, 1.165) is 49.5 Å². The molecule has 2 amide bonds. The zero-order valence-electron chi connectivity index (χ0n) is 19.4. The Morgan fingerprint density at radius 2 is 1.77 bits per heavy atom. The number of benzene rings is 2. The van der Waals surface area contributed by atoms with E-state index in [1.54, 1.807) is 24.3 Å². The minimum absolute atomic E-state index is 0.149. The van der Waals surface area contributed by atoms with Crippen LogP contribution in [0.2, 0.25) is 5.02 Å². The second-order valence-corrected chi connectivity index (χ2v) is 9.09. The van der Waals surface area contributed by atoms with Crippen molar-refractivity contribution in [2.24, 2.45) is 0 Å². The number of anilines is 2. The third-order valence-corrected chi connectivity index (χ3v) is 6.19. The van der Waals surface area contributed by atoms with Crippen molar-refractivity contribution in [2.45, 2.75) is 19.8 Å². The van der Waals surface area contributed by atoms with E-state index >= 15 is 0 Å². The predicted molar refractivity (Wildman–Crippen MR) is 143 cm³/mol. The molecule has 1 aliphatic heterocycles. The van der Waals surface area contributed by atoms with Crippen molar-refractivity contribution < 1.29 is 14.0 Å². The van der Waals surface area contributed by atoms with Crippen molar-refractivity contribution in [2.75, 3.05) is 36.4 Å². The smallest absolute Gasteiger partial charge is 0.293 e. The molecule has 0 radical (unpaired) electrons. The molecule has 0 unspecified atom stereocenters. The van der Waals surface area contributed by atoms with Crippen molar-refractivity contribution in [3.8, 4) is 11.3 Å². The van der Waals surface area contributed by atoms with E-state index in [2.05, 4.69) is 15.5 Å². The summed E-state index contributed by atoms with van der Waals surface area (Å²) in [5.41, 5.74) is 2.62. The summed E-state index contributed by atoms with van der Waals surface area (Å²) in [4.78, 5) is 28.8. The number of rotatable bonds is 6. The van der Waals surface area contributed by atoms with Gasteiger partial charge >= 0.3 is 0 Å². The average Bonchev–Trinajstić information content (AvgIpc) is 3.35. The molecule has 3 aromatic rings. The van der Waals surface area contributed by atoms with Gasteiger partial charge in [0.25, 0.3) is 5.91 Å². The van der Waals surface area contributed by atoms with Crippen LogP contribution in [0.15, 0.2) is 65.1 Å². The first-order valence-electron chi connectivity index (χ1n) is 11.5. The molecule has 1 fully saturated rings. The first kappa shape index (κ1) is 24.8. The van der Waals surface area contributed by atoms with Gasteiger partial charge in [-0.2, -0.15) is 0 Å². The van der Waals surface area contributed by atoms with Crippen LogP contribution >= 0.6 is 23.8 Å². The standard InChI is InChI=1S/C26H27ClN4O3S/c1-2-4-24(32)31-15-13-30(14-16-31)21-9-7-20(8-10-21)28-26(35)29-25(33)23-12-11-22(34-23)18-5-3-6-19(27)17-18/h3,5-12,17H,2,4,13-16H2,1H3,(H2,28,29,33,35). The van der Waals surface area contributed by atoms with Gasteiger partial charge in [0, 0.05) is 54.6 Å². The first-order valence-corrected chi connectivity index (χ1v) is 12.3. The molecule has 2 heterocycles. The summed E-state index contributed by atoms with van der Waals surface area (Å²) in [6.07, 6.45) is 1.49. The van der Waals surface area contributed by atoms with Gasteiger partial charge in [-0.05, 0) is 67.2 Å². The molecule has 35 heavy (non-hydrogen) atoms. The molecule has 7 nitrogen and oxygen atoms in total. The molecule has 2 aromatic carbocycles. The van der Waals surface area contributed by atoms with Crippen molar-refractivity contribution >= 4 is 52.1 Å². The molecule has 1 aromatic heterocycles. The van der Waals surface area contributed by atoms with E-state index in [0.29, 0.717) is 17.2 Å². The van der Waals surface area contributed by atoms with Gasteiger partial charge in [0.05, 0.1) is 0 Å². The van der Waals surface area contributed by atoms with Crippen LogP contribution in [-0.4, -0.2) is 48.0 Å². The Labute approximate surface area is 215 Å². The number of amides is 2. The summed E-state index contributed by atoms with van der Waals surface area (Å²) in [6, 6.07) is 18.3. The van der Waals surface area contributed by atoms with Crippen molar-refractivity contribution in [1.82, 2.24) is 10.2 Å². The Kier molecular flexibility index (Phi) is 8.05. The normalized spacial score (nSPS) is 13.4. The fraction of sp³-hybridized carbons (Fsp3) is 0.269. The number of piperazine rings is 1. The number of thiocarbonyl (C=S) groups is 1. The second-order valence-electron chi connectivity index (χ2n) is 8.25. The van der Waals surface area contributed by atoms with Crippen LogP contribution in [0, 0.1) is 0 Å². The first-order chi connectivity index (χ1) is 16.9. The maximum atomic E-state index is 12.5. The lowest BCUT2D eigenvalue weighted by Crippen LogP contribution is -2.48. The van der Waals surface area contributed by atoms with Crippen molar-refractivity contribution in [1.29, 1.82) is 0 Å². The predicted octanol–water partition coefficient (Wildman–Crippen LogP) is 5.18. The summed E-state index contributed by atoms with van der Waals surface area (Å²) < 4.78 is 5.67. The molecule has 0 aliphatic carbocycles. The van der Waals surface area contributed by atoms with E-state index in [4.69, 9.17) is 28.2 Å². The number of hydrogen-bond donors (Lipinski definition) is 2. The maximum Gasteiger partial charge on any atom is 0.293 e. The molecule has 0 atom stereocenters. The minimum atomic E-state index is -0.442. The van der Waals surface area contributed by atoms with E-state index < -0.39 is 5.91 Å². The van der Waals surface area contributed by atoms with E-state index in [9.17, 15) is 9.59 Å². The lowest BCUT2D eigenvalue weighted by molar-refractivity contribution is -0.131. The number of furan rings is 1. The molecule has 4 rings (SSSR count). The molecular weight excluding hydrogens is 484 g/mol. The second kappa shape index (κ2) is 11.4. The van der Waals surface area contributed by atoms with Gasteiger partial charge in [0.2, 0.25) is 5.91 Å². The molecule has 0 saturated carbocycles. The minimum Gasteiger partial charge on any atom is -0.451 e. The van der Waals surface area contributed by atoms with Crippen molar-refractivity contribution in [3.63, 3.8) is 0 Å². The fourth-order valence-corrected chi connectivity index (χ4v) is 4.33. The lowest BCUT2D eigenvalue weighted by Gasteiger charge is -2.36. The molecule has 0 spiro atoms. The molecule has 1 saturated heterocycles. The number of hydrogen-bond acceptors (Lipinski definition) is 5. The van der Waals surface area contributed by atoms with E-state index in [1.807, 2.05) is 48.2 Å². The summed E-state index contributed by atoms with van der Waals surface area (Å²) in [6.45, 7) is 5.10. The van der Waals surface area contributed by atoms with Crippen LogP contribution in [0.1, 0.15) is 30.3 Å². The van der Waals surface area contributed by atoms with Crippen LogP contribution < -0.4 is 15.5 Å². The topological polar surface area (TPSA) is 77.8 Å². The molecule has 182 valence electrons. The highest BCUT2D eigenvalue weighted by atomic mass is 35.5. The SMILES string of the molecule is CCCC(=O)N1CCN(c2ccc(NC(=S)NC(=O)c3ccc(-c4cccc(Cl)c4)o3)cc2)CC1. The maximum absolute atomic E-state index is 12.5. The Balaban J connectivity index is 1.28. The number of nitrogens with one attached hydrogen (secondary N) is 2. The van der Waals surface area contributed by atoms with Crippen molar-refractivity contribution in [3.05, 3.63) is 71.4 Å². The Morgan fingerprint density at radius 1 is 1.03 bits per heavy atom. The van der Waals surface area contributed by atoms with Crippen LogP contribution in [0.3, 0.4) is 0 Å². The van der Waals surface area contributed by atoms with Crippen LogP contribution in [0.4, 0.5) is 11.4 Å². The molecular formula is C26H27ClN4O3S. The summed E-state index contributed by atoms with van der Waals surface area (Å²) >= 11 is 11.3. The number of carbonyl (C=O) groups excluding carboxylic acids is 2. The molecule has 1 aliphatic rings. The zero-order valence-corrected chi connectivity index (χ0v) is 21.0. The third-order valence-electron chi connectivity index (χ3n) is 5.75. The highest BCUT2D eigenvalue weighted by molar-refractivity contribution is 7.80. The Morgan fingerprint density at radius 3 is 2.46 bits per heavy atom. The zero-order chi connectivity index (χ0) is 24.8. The molecule has 0 bridgehead atoms. The molecule has 2 N–H and O–H groups in total. The van der Waals surface area contributed by atoms with Gasteiger partial charge in [-0.25, -0.2) is 0 Å². The van der Waals surface area contributed by atoms with Gasteiger partial charge in [0.15, 0.2) is 10.9 Å². The Bertz CT molecular complexity index is 1200. The molecule has 9 heteroatoms. The van der Waals surface area contributed by atoms with Crippen LogP contribution in [0.25, 0.3) is 11.3 Å². The summed E-state index contributed by atoms with van der Waals surface area (Å²) in [7, 11) is 0. The summed E-state index contributed by atoms with van der Waals surface area (Å²) in [5, 5.41) is 6.42. The van der Waals surface area contributed by atoms with Gasteiger partial charge in [0.1, 0.15) is 5.76 Å². The van der Waals surface area contributed by atoms with Crippen LogP contribution in [0.5, 0.6) is 0 Å². The summed E-state index contributed by atoms with van der Waals surface area (Å²) in [5.74, 6) is 0.485. The van der Waals surface area contributed by atoms with Crippen LogP contribution in [-0.2, 0) is 4.79 Å². The average molecular weight is 511 g/mol. The highest BCUT2D eigenvalue weighted by Crippen LogP contribution is 2.25. The van der Waals surface area contributed by atoms with E-state index in [-0.39, 0.29) is 16.8 Å². The Hall–Kier alpha value is -3.36. The third kappa shape index (κ3) is 6.41. The van der Waals surface area contributed by atoms with Gasteiger partial charge in [-0.3, -0.25) is 14.9 Å². The number of halogens is 1. The lowest BCUT2D eigenvalue weighted by atomic mass is 10.2. The number of nitrogens with zero attached hydrogens (tertiary/aromatic N) is 2. The largest absolute Gasteiger partial charge is 0.451 e. The highest BCUT2D eigenvalue weighted by Gasteiger charge is 2.20. The van der Waals surface area contributed by atoms with Gasteiger partial charge in [-0.15, -0.1) is 0 Å². The number of carbonyl (C=O) groups is 2. The van der Waals surface area contributed by atoms with Gasteiger partial charge < -0.3 is 19.5 Å². The fourth-order valence-electron chi connectivity index (χ4n) is 3.93. The van der Waals surface area contributed by atoms with E-state index in [1.165, 1.54) is 0 Å². The quantitative estimate of drug-likeness (QED) is 0.445.